The van der Waals surface area contributed by atoms with Gasteiger partial charge in [-0.05, 0) is 44.0 Å². The summed E-state index contributed by atoms with van der Waals surface area (Å²) in [6, 6.07) is 8.49. The van der Waals surface area contributed by atoms with Crippen molar-refractivity contribution in [2.24, 2.45) is 0 Å². The molecule has 0 radical (unpaired) electrons. The second-order valence-electron chi connectivity index (χ2n) is 7.61. The van der Waals surface area contributed by atoms with E-state index in [1.165, 1.54) is 30.5 Å². The van der Waals surface area contributed by atoms with Crippen molar-refractivity contribution in [3.8, 4) is 6.07 Å². The summed E-state index contributed by atoms with van der Waals surface area (Å²) >= 11 is 6.28. The van der Waals surface area contributed by atoms with E-state index in [1.807, 2.05) is 12.1 Å². The Balaban J connectivity index is 0.000000209. The predicted octanol–water partition coefficient (Wildman–Crippen LogP) is 4.14. The summed E-state index contributed by atoms with van der Waals surface area (Å²) in [7, 11) is 0. The number of likely N-dealkylation sites (N-methyl/N-ethyl adjacent to an activating group) is 1. The molecule has 1 amide bonds. The molecule has 28 heavy (non-hydrogen) atoms. The molecule has 0 atom stereocenters. The Morgan fingerprint density at radius 1 is 1.21 bits per heavy atom. The number of amides is 1. The predicted molar refractivity (Wildman–Crippen MR) is 116 cm³/mol. The molecule has 154 valence electrons. The second kappa shape index (κ2) is 11.9. The summed E-state index contributed by atoms with van der Waals surface area (Å²) < 4.78 is 0. The molecule has 1 aliphatic carbocycles. The van der Waals surface area contributed by atoms with Crippen LogP contribution in [0.5, 0.6) is 0 Å². The second-order valence-corrected chi connectivity index (χ2v) is 8.02. The van der Waals surface area contributed by atoms with E-state index in [9.17, 15) is 4.79 Å². The maximum Gasteiger partial charge on any atom is 0.234 e. The Morgan fingerprint density at radius 3 is 2.46 bits per heavy atom. The van der Waals surface area contributed by atoms with Crippen LogP contribution in [0.4, 0.5) is 5.69 Å². The van der Waals surface area contributed by atoms with Gasteiger partial charge in [0.05, 0.1) is 16.8 Å². The van der Waals surface area contributed by atoms with Crippen LogP contribution in [-0.2, 0) is 4.79 Å². The summed E-state index contributed by atoms with van der Waals surface area (Å²) in [5.74, 6) is -0.121. The lowest BCUT2D eigenvalue weighted by Gasteiger charge is -2.36. The molecule has 1 heterocycles. The topological polar surface area (TPSA) is 59.4 Å². The Morgan fingerprint density at radius 2 is 1.89 bits per heavy atom. The Labute approximate surface area is 174 Å². The highest BCUT2D eigenvalue weighted by atomic mass is 35.5. The molecule has 1 N–H and O–H groups in total. The smallest absolute Gasteiger partial charge is 0.234 e. The molecule has 1 aromatic rings. The van der Waals surface area contributed by atoms with Crippen LogP contribution in [0.2, 0.25) is 5.02 Å². The number of hydrogen-bond acceptors (Lipinski definition) is 4. The maximum atomic E-state index is 11.0. The van der Waals surface area contributed by atoms with Crippen LogP contribution in [0.15, 0.2) is 18.2 Å². The first-order valence-corrected chi connectivity index (χ1v) is 10.8. The van der Waals surface area contributed by atoms with Crippen LogP contribution in [0.3, 0.4) is 0 Å². The van der Waals surface area contributed by atoms with E-state index in [4.69, 9.17) is 16.9 Å². The molecule has 0 bridgehead atoms. The van der Waals surface area contributed by atoms with Gasteiger partial charge in [-0.3, -0.25) is 4.79 Å². The number of nitriles is 1. The zero-order chi connectivity index (χ0) is 20.4. The van der Waals surface area contributed by atoms with Crippen molar-refractivity contribution in [3.05, 3.63) is 28.8 Å². The lowest BCUT2D eigenvalue weighted by Crippen LogP contribution is -2.46. The average Bonchev–Trinajstić information content (AvgIpc) is 2.70. The third-order valence-corrected chi connectivity index (χ3v) is 5.78. The Kier molecular flexibility index (Phi) is 9.60. The Bertz CT molecular complexity index is 659. The van der Waals surface area contributed by atoms with Crippen LogP contribution in [-0.4, -0.2) is 49.6 Å². The van der Waals surface area contributed by atoms with Gasteiger partial charge in [0.15, 0.2) is 0 Å². The molecule has 1 aliphatic heterocycles. The third kappa shape index (κ3) is 7.33. The van der Waals surface area contributed by atoms with Gasteiger partial charge < -0.3 is 15.1 Å². The van der Waals surface area contributed by atoms with Crippen LogP contribution in [0.1, 0.15) is 51.0 Å². The first-order valence-electron chi connectivity index (χ1n) is 10.4. The molecule has 1 saturated heterocycles. The number of aryl methyl sites for hydroxylation is 1. The number of hydrogen-bond donors (Lipinski definition) is 1. The minimum atomic E-state index is -0.121. The molecular formula is C22H33ClN4O. The van der Waals surface area contributed by atoms with Gasteiger partial charge in [0.1, 0.15) is 6.42 Å². The summed E-state index contributed by atoms with van der Waals surface area (Å²) in [4.78, 5) is 15.8. The number of anilines is 1. The molecule has 5 nitrogen and oxygen atoms in total. The standard InChI is InChI=1S/C13H19ClN2.C9H14N2O/c1-3-15-6-8-16(9-7-15)13-5-4-11(2)10-12(13)14;10-7-6-9(12)11-8-4-2-1-3-5-8/h4-5,10H,3,6-9H2,1-2H3;8H,1-6H2,(H,11,12). The van der Waals surface area contributed by atoms with Crippen LogP contribution in [0, 0.1) is 18.3 Å². The van der Waals surface area contributed by atoms with Gasteiger partial charge in [-0.25, -0.2) is 0 Å². The van der Waals surface area contributed by atoms with Crippen LogP contribution < -0.4 is 10.2 Å². The molecule has 2 fully saturated rings. The number of piperazine rings is 1. The first kappa shape index (κ1) is 22.5. The lowest BCUT2D eigenvalue weighted by molar-refractivity contribution is -0.121. The van der Waals surface area contributed by atoms with E-state index in [-0.39, 0.29) is 12.3 Å². The highest BCUT2D eigenvalue weighted by Crippen LogP contribution is 2.27. The Hall–Kier alpha value is -1.77. The number of carbonyl (C=O) groups excluding carboxylic acids is 1. The summed E-state index contributed by atoms with van der Waals surface area (Å²) in [5.41, 5.74) is 2.41. The minimum Gasteiger partial charge on any atom is -0.368 e. The molecule has 6 heteroatoms. The van der Waals surface area contributed by atoms with Gasteiger partial charge >= 0.3 is 0 Å². The van der Waals surface area contributed by atoms with Crippen molar-refractivity contribution < 1.29 is 4.79 Å². The minimum absolute atomic E-state index is 0.00347. The van der Waals surface area contributed by atoms with E-state index < -0.39 is 0 Å². The molecule has 1 saturated carbocycles. The number of carbonyl (C=O) groups is 1. The summed E-state index contributed by atoms with van der Waals surface area (Å²) in [6.45, 7) is 9.88. The van der Waals surface area contributed by atoms with Crippen LogP contribution in [0.25, 0.3) is 0 Å². The number of nitrogens with one attached hydrogen (secondary N) is 1. The van der Waals surface area contributed by atoms with E-state index in [2.05, 4.69) is 41.1 Å². The summed E-state index contributed by atoms with van der Waals surface area (Å²) in [6.07, 6.45) is 5.85. The first-order chi connectivity index (χ1) is 13.5. The van der Waals surface area contributed by atoms with Crippen molar-refractivity contribution in [1.29, 1.82) is 5.26 Å². The van der Waals surface area contributed by atoms with Crippen molar-refractivity contribution in [2.45, 2.75) is 58.4 Å². The SMILES string of the molecule is CCN1CCN(c2ccc(C)cc2Cl)CC1.N#CCC(=O)NC1CCCCC1. The van der Waals surface area contributed by atoms with Crippen molar-refractivity contribution in [1.82, 2.24) is 10.2 Å². The van der Waals surface area contributed by atoms with E-state index >= 15 is 0 Å². The van der Waals surface area contributed by atoms with Crippen molar-refractivity contribution in [3.63, 3.8) is 0 Å². The highest BCUT2D eigenvalue weighted by Gasteiger charge is 2.17. The highest BCUT2D eigenvalue weighted by molar-refractivity contribution is 6.33. The third-order valence-electron chi connectivity index (χ3n) is 5.47. The van der Waals surface area contributed by atoms with Gasteiger partial charge in [0.2, 0.25) is 5.91 Å². The molecule has 0 spiro atoms. The fourth-order valence-electron chi connectivity index (χ4n) is 3.77. The number of nitrogens with zero attached hydrogens (tertiary/aromatic N) is 3. The summed E-state index contributed by atoms with van der Waals surface area (Å²) in [5, 5.41) is 12.0. The van der Waals surface area contributed by atoms with Gasteiger partial charge in [-0.2, -0.15) is 5.26 Å². The molecular weight excluding hydrogens is 372 g/mol. The zero-order valence-electron chi connectivity index (χ0n) is 17.2. The van der Waals surface area contributed by atoms with E-state index in [1.54, 1.807) is 0 Å². The monoisotopic (exact) mass is 404 g/mol. The van der Waals surface area contributed by atoms with Crippen LogP contribution >= 0.6 is 11.6 Å². The van der Waals surface area contributed by atoms with Crippen molar-refractivity contribution >= 4 is 23.2 Å². The van der Waals surface area contributed by atoms with E-state index in [0.717, 1.165) is 50.6 Å². The van der Waals surface area contributed by atoms with E-state index in [0.29, 0.717) is 6.04 Å². The quantitative estimate of drug-likeness (QED) is 0.819. The lowest BCUT2D eigenvalue weighted by atomic mass is 9.95. The average molecular weight is 405 g/mol. The van der Waals surface area contributed by atoms with Gasteiger partial charge in [-0.1, -0.05) is 43.9 Å². The normalized spacial score (nSPS) is 18.0. The molecule has 2 aliphatic rings. The molecule has 0 unspecified atom stereocenters. The molecule has 0 aromatic heterocycles. The van der Waals surface area contributed by atoms with Gasteiger partial charge in [0.25, 0.3) is 0 Å². The zero-order valence-corrected chi connectivity index (χ0v) is 18.0. The maximum absolute atomic E-state index is 11.0. The molecule has 3 rings (SSSR count). The fraction of sp³-hybridized carbons (Fsp3) is 0.636. The van der Waals surface area contributed by atoms with Crippen molar-refractivity contribution in [2.75, 3.05) is 37.6 Å². The van der Waals surface area contributed by atoms with Gasteiger partial charge in [-0.15, -0.1) is 0 Å². The number of rotatable bonds is 4. The largest absolute Gasteiger partial charge is 0.368 e. The van der Waals surface area contributed by atoms with Gasteiger partial charge in [0, 0.05) is 32.2 Å². The number of benzene rings is 1. The number of halogens is 1. The fourth-order valence-corrected chi connectivity index (χ4v) is 4.13. The molecule has 1 aromatic carbocycles.